The van der Waals surface area contributed by atoms with Crippen LogP contribution in [0.5, 0.6) is 0 Å². The van der Waals surface area contributed by atoms with Gasteiger partial charge in [-0.2, -0.15) is 13.2 Å². The summed E-state index contributed by atoms with van der Waals surface area (Å²) < 4.78 is 91.8. The average Bonchev–Trinajstić information content (AvgIpc) is 4.08. The van der Waals surface area contributed by atoms with E-state index in [1.54, 1.807) is 24.4 Å². The molecule has 62 heavy (non-hydrogen) atoms. The Morgan fingerprint density at radius 1 is 0.742 bits per heavy atom. The van der Waals surface area contributed by atoms with Crippen LogP contribution in [0.2, 0.25) is 0 Å². The highest BCUT2D eigenvalue weighted by Gasteiger charge is 2.44. The van der Waals surface area contributed by atoms with E-state index in [2.05, 4.69) is 19.8 Å². The van der Waals surface area contributed by atoms with E-state index in [0.29, 0.717) is 43.7 Å². The van der Waals surface area contributed by atoms with E-state index < -0.39 is 31.4 Å². The molecular formula is C44H38F3N5O6S4. The van der Waals surface area contributed by atoms with E-state index in [0.717, 1.165) is 54.1 Å². The number of sulfone groups is 2. The molecule has 3 aliphatic heterocycles. The molecular weight excluding hydrogens is 880 g/mol. The highest BCUT2D eigenvalue weighted by atomic mass is 32.2. The summed E-state index contributed by atoms with van der Waals surface area (Å²) >= 11 is 2.41. The molecule has 2 aromatic heterocycles. The monoisotopic (exact) mass is 917 g/mol. The number of carbonyl (C=O) groups is 2. The Balaban J connectivity index is 0.865. The topological polar surface area (TPSA) is 138 Å². The summed E-state index contributed by atoms with van der Waals surface area (Å²) in [6, 6.07) is 22.9. The van der Waals surface area contributed by atoms with Gasteiger partial charge in [0.15, 0.2) is 29.9 Å². The van der Waals surface area contributed by atoms with Crippen molar-refractivity contribution in [3.05, 3.63) is 140 Å². The van der Waals surface area contributed by atoms with Gasteiger partial charge in [-0.3, -0.25) is 14.5 Å². The number of alkyl halides is 3. The lowest BCUT2D eigenvalue weighted by molar-refractivity contribution is -0.138. The van der Waals surface area contributed by atoms with E-state index in [1.165, 1.54) is 60.0 Å². The first kappa shape index (κ1) is 42.1. The molecule has 11 nitrogen and oxygen atoms in total. The van der Waals surface area contributed by atoms with Crippen molar-refractivity contribution in [3.8, 4) is 11.1 Å². The van der Waals surface area contributed by atoms with Crippen LogP contribution in [0.15, 0.2) is 107 Å². The zero-order chi connectivity index (χ0) is 43.7. The quantitative estimate of drug-likeness (QED) is 0.119. The Bertz CT molecular complexity index is 2990. The molecule has 2 atom stereocenters. The second-order valence-corrected chi connectivity index (χ2v) is 22.0. The van der Waals surface area contributed by atoms with Crippen molar-refractivity contribution < 1.29 is 39.6 Å². The van der Waals surface area contributed by atoms with Crippen LogP contribution in [-0.4, -0.2) is 87.5 Å². The van der Waals surface area contributed by atoms with Gasteiger partial charge in [-0.05, 0) is 77.1 Å². The van der Waals surface area contributed by atoms with Gasteiger partial charge < -0.3 is 9.80 Å². The molecule has 0 unspecified atom stereocenters. The van der Waals surface area contributed by atoms with Crippen LogP contribution >= 0.6 is 22.7 Å². The first-order valence-electron chi connectivity index (χ1n) is 19.6. The van der Waals surface area contributed by atoms with Crippen molar-refractivity contribution in [1.82, 2.24) is 14.9 Å². The second kappa shape index (κ2) is 15.8. The fourth-order valence-corrected chi connectivity index (χ4v) is 11.7. The van der Waals surface area contributed by atoms with E-state index in [4.69, 9.17) is 0 Å². The van der Waals surface area contributed by atoms with E-state index in [9.17, 15) is 39.6 Å². The lowest BCUT2D eigenvalue weighted by atomic mass is 9.89. The molecule has 4 aromatic carbocycles. The molecule has 3 aliphatic rings. The Labute approximate surface area is 364 Å². The Kier molecular flexibility index (Phi) is 10.7. The first-order chi connectivity index (χ1) is 29.4. The van der Waals surface area contributed by atoms with Crippen LogP contribution in [-0.2, 0) is 45.4 Å². The third-order valence-corrected chi connectivity index (χ3v) is 16.0. The summed E-state index contributed by atoms with van der Waals surface area (Å²) in [6.07, 6.45) is 1.65. The number of benzene rings is 4. The maximum absolute atomic E-state index is 14.6. The predicted molar refractivity (Wildman–Crippen MR) is 232 cm³/mol. The van der Waals surface area contributed by atoms with Gasteiger partial charge in [-0.25, -0.2) is 26.8 Å². The van der Waals surface area contributed by atoms with Crippen LogP contribution in [0.1, 0.15) is 59.1 Å². The average molecular weight is 918 g/mol. The van der Waals surface area contributed by atoms with Gasteiger partial charge in [-0.1, -0.05) is 71.2 Å². The zero-order valence-electron chi connectivity index (χ0n) is 33.3. The molecule has 2 saturated heterocycles. The molecule has 6 aromatic rings. The minimum atomic E-state index is -4.56. The standard InChI is InChI=1S/C44H38F3N5O6S4/c1-61(55,56)34-7-3-5-28(16-34)40(53)38-20-48-42(59-38)50-14-13-36-31(23-50)15-30(18-37(36)44(45,46)47)27-11-9-26(10-12-27)22-51-24-33-19-32(51)25-52(33)43-49-21-39(60-43)41(54)29-6-4-8-35(17-29)62(2,57)58/h3-12,15-18,20-21,32-33H,13-14,19,22-25H2,1-2H3/t32-,33-/m0/s1. The summed E-state index contributed by atoms with van der Waals surface area (Å²) in [5.74, 6) is -0.669. The fraction of sp³-hybridized carbons (Fsp3) is 0.273. The predicted octanol–water partition coefficient (Wildman–Crippen LogP) is 7.58. The molecule has 0 amide bonds. The normalized spacial score (nSPS) is 18.0. The van der Waals surface area contributed by atoms with Crippen molar-refractivity contribution in [3.63, 3.8) is 0 Å². The number of fused-ring (bicyclic) bond motifs is 3. The summed E-state index contributed by atoms with van der Waals surface area (Å²) in [4.78, 5) is 42.8. The third kappa shape index (κ3) is 8.33. The summed E-state index contributed by atoms with van der Waals surface area (Å²) in [5, 5.41) is 1.23. The zero-order valence-corrected chi connectivity index (χ0v) is 36.6. The molecule has 9 rings (SSSR count). The van der Waals surface area contributed by atoms with E-state index >= 15 is 0 Å². The first-order valence-corrected chi connectivity index (χ1v) is 25.0. The van der Waals surface area contributed by atoms with Crippen molar-refractivity contribution in [2.75, 3.05) is 41.9 Å². The largest absolute Gasteiger partial charge is 0.416 e. The van der Waals surface area contributed by atoms with Crippen LogP contribution in [0.3, 0.4) is 0 Å². The number of nitrogens with zero attached hydrogens (tertiary/aromatic N) is 5. The minimum Gasteiger partial charge on any atom is -0.343 e. The Morgan fingerprint density at radius 2 is 1.34 bits per heavy atom. The molecule has 320 valence electrons. The van der Waals surface area contributed by atoms with Crippen LogP contribution in [0.4, 0.5) is 23.4 Å². The SMILES string of the molecule is CS(=O)(=O)c1cccc(C(=O)c2cnc(N3CCc4c(cc(-c5ccc(CN6C[C@@H]7C[C@H]6CN7c6ncc(C(=O)c7cccc(S(C)(=O)=O)c7)s6)cc5)cc4C(F)(F)F)C3)s2)c1. The number of rotatable bonds is 11. The van der Waals surface area contributed by atoms with Crippen molar-refractivity contribution >= 4 is 64.2 Å². The third-order valence-electron chi connectivity index (χ3n) is 11.7. The Hall–Kier alpha value is -5.27. The number of hydrogen-bond acceptors (Lipinski definition) is 13. The van der Waals surface area contributed by atoms with Crippen molar-refractivity contribution in [1.29, 1.82) is 0 Å². The molecule has 0 N–H and O–H groups in total. The molecule has 2 fully saturated rings. The molecule has 2 bridgehead atoms. The summed E-state index contributed by atoms with van der Waals surface area (Å²) in [6.45, 7) is 2.63. The van der Waals surface area contributed by atoms with Gasteiger partial charge in [0.05, 0.1) is 37.5 Å². The number of thiazole rings is 2. The van der Waals surface area contributed by atoms with Crippen molar-refractivity contribution in [2.24, 2.45) is 0 Å². The van der Waals surface area contributed by atoms with Gasteiger partial charge in [0.25, 0.3) is 0 Å². The van der Waals surface area contributed by atoms with Crippen LogP contribution in [0, 0.1) is 0 Å². The van der Waals surface area contributed by atoms with Gasteiger partial charge in [0, 0.05) is 68.4 Å². The number of hydrogen-bond donors (Lipinski definition) is 0. The molecule has 0 saturated carbocycles. The Morgan fingerprint density at radius 3 is 1.90 bits per heavy atom. The molecule has 18 heteroatoms. The number of anilines is 2. The van der Waals surface area contributed by atoms with Gasteiger partial charge >= 0.3 is 6.18 Å². The maximum atomic E-state index is 14.6. The molecule has 0 spiro atoms. The highest BCUT2D eigenvalue weighted by Crippen LogP contribution is 2.41. The van der Waals surface area contributed by atoms with Gasteiger partial charge in [0.1, 0.15) is 0 Å². The smallest absolute Gasteiger partial charge is 0.343 e. The molecule has 0 radical (unpaired) electrons. The highest BCUT2D eigenvalue weighted by molar-refractivity contribution is 7.91. The minimum absolute atomic E-state index is 0.0255. The van der Waals surface area contributed by atoms with E-state index in [-0.39, 0.29) is 64.1 Å². The van der Waals surface area contributed by atoms with Gasteiger partial charge in [-0.15, -0.1) is 0 Å². The number of likely N-dealkylation sites (tertiary alicyclic amines) is 1. The lowest BCUT2D eigenvalue weighted by Gasteiger charge is -2.34. The number of aromatic nitrogens is 2. The number of carbonyl (C=O) groups excluding carboxylic acids is 2. The van der Waals surface area contributed by atoms with Gasteiger partial charge in [0.2, 0.25) is 11.6 Å². The molecule has 5 heterocycles. The maximum Gasteiger partial charge on any atom is 0.416 e. The number of piperazine rings is 1. The van der Waals surface area contributed by atoms with E-state index in [1.807, 2.05) is 29.2 Å². The second-order valence-electron chi connectivity index (χ2n) is 15.9. The molecule has 0 aliphatic carbocycles. The fourth-order valence-electron chi connectivity index (χ4n) is 8.54. The summed E-state index contributed by atoms with van der Waals surface area (Å²) in [7, 11) is -6.99. The van der Waals surface area contributed by atoms with Crippen LogP contribution in [0.25, 0.3) is 11.1 Å². The number of halogens is 3. The van der Waals surface area contributed by atoms with Crippen molar-refractivity contribution in [2.45, 2.75) is 54.0 Å². The number of ketones is 2. The van der Waals surface area contributed by atoms with Crippen LogP contribution < -0.4 is 9.80 Å². The summed E-state index contributed by atoms with van der Waals surface area (Å²) in [5.41, 5.74) is 2.75. The lowest BCUT2D eigenvalue weighted by Crippen LogP contribution is -2.45.